The Bertz CT molecular complexity index is 351. The number of thiol groups is 1. The van der Waals surface area contributed by atoms with Crippen LogP contribution >= 0.6 is 35.3 Å². The zero-order chi connectivity index (χ0) is 10.6. The first kappa shape index (κ1) is 11.8. The second kappa shape index (κ2) is 5.53. The number of nitrogens with zero attached hydrogens (tertiary/aromatic N) is 1. The molecule has 0 N–H and O–H groups in total. The third-order valence-electron chi connectivity index (χ3n) is 1.44. The molecule has 2 aromatic heterocycles. The van der Waals surface area contributed by atoms with Crippen LogP contribution in [0.5, 0.6) is 0 Å². The molecular weight excluding hydrogens is 230 g/mol. The predicted molar refractivity (Wildman–Crippen MR) is 68.8 cm³/mol. The summed E-state index contributed by atoms with van der Waals surface area (Å²) in [4.78, 5) is 6.84. The fraction of sp³-hybridized carbons (Fsp3) is 0.300. The van der Waals surface area contributed by atoms with Crippen molar-refractivity contribution in [1.29, 1.82) is 0 Å². The fourth-order valence-electron chi connectivity index (χ4n) is 0.928. The molecule has 0 aliphatic rings. The normalized spacial score (nSPS) is 9.43. The summed E-state index contributed by atoms with van der Waals surface area (Å²) in [6.45, 7) is 6.10. The van der Waals surface area contributed by atoms with Crippen molar-refractivity contribution in [2.75, 3.05) is 0 Å². The van der Waals surface area contributed by atoms with E-state index in [4.69, 9.17) is 0 Å². The Kier molecular flexibility index (Phi) is 4.65. The number of hydrogen-bond acceptors (Lipinski definition) is 4. The molecule has 14 heavy (non-hydrogen) atoms. The minimum atomic E-state index is 0.807. The van der Waals surface area contributed by atoms with E-state index in [1.807, 2.05) is 19.2 Å². The highest BCUT2D eigenvalue weighted by molar-refractivity contribution is 7.80. The molecule has 0 aliphatic heterocycles. The van der Waals surface area contributed by atoms with Crippen LogP contribution < -0.4 is 0 Å². The van der Waals surface area contributed by atoms with Crippen molar-refractivity contribution in [1.82, 2.24) is 4.98 Å². The monoisotopic (exact) mass is 243 g/mol. The quantitative estimate of drug-likeness (QED) is 0.728. The molecule has 76 valence electrons. The molecule has 0 amide bonds. The molecule has 0 radical (unpaired) electrons. The van der Waals surface area contributed by atoms with E-state index in [9.17, 15) is 0 Å². The molecule has 2 rings (SSSR count). The van der Waals surface area contributed by atoms with Gasteiger partial charge in [0.05, 0.1) is 4.88 Å². The van der Waals surface area contributed by atoms with Gasteiger partial charge in [-0.2, -0.15) is 0 Å². The van der Waals surface area contributed by atoms with E-state index >= 15 is 0 Å². The first-order valence-electron chi connectivity index (χ1n) is 4.47. The number of rotatable bonds is 1. The Morgan fingerprint density at radius 1 is 1.29 bits per heavy atom. The average Bonchev–Trinajstić information content (AvgIpc) is 2.78. The van der Waals surface area contributed by atoms with Gasteiger partial charge in [-0.05, 0) is 19.1 Å². The molecule has 0 fully saturated rings. The molecule has 0 saturated heterocycles. The Morgan fingerprint density at radius 2 is 2.00 bits per heavy atom. The van der Waals surface area contributed by atoms with E-state index < -0.39 is 0 Å². The SMILES string of the molecule is CC.Cc1ccc(-c2nc(S)cs2)s1. The van der Waals surface area contributed by atoms with Gasteiger partial charge in [0.15, 0.2) is 0 Å². The first-order chi connectivity index (χ1) is 6.75. The second-order valence-corrected chi connectivity index (χ2v) is 5.03. The van der Waals surface area contributed by atoms with Crippen LogP contribution in [0.4, 0.5) is 0 Å². The molecule has 2 aromatic rings. The molecule has 0 spiro atoms. The Balaban J connectivity index is 0.000000461. The minimum Gasteiger partial charge on any atom is -0.229 e. The van der Waals surface area contributed by atoms with Crippen LogP contribution in [0.1, 0.15) is 18.7 Å². The summed E-state index contributed by atoms with van der Waals surface area (Å²) in [7, 11) is 0. The zero-order valence-corrected chi connectivity index (χ0v) is 11.0. The molecule has 0 aliphatic carbocycles. The summed E-state index contributed by atoms with van der Waals surface area (Å²) in [6.07, 6.45) is 0. The summed E-state index contributed by atoms with van der Waals surface area (Å²) in [5, 5.41) is 3.83. The Labute approximate surface area is 98.2 Å². The third kappa shape index (κ3) is 2.83. The lowest BCUT2D eigenvalue weighted by Gasteiger charge is -1.85. The van der Waals surface area contributed by atoms with Crippen LogP contribution in [0, 0.1) is 6.92 Å². The van der Waals surface area contributed by atoms with Crippen LogP contribution in [0.3, 0.4) is 0 Å². The minimum absolute atomic E-state index is 0.807. The molecule has 4 heteroatoms. The number of hydrogen-bond donors (Lipinski definition) is 1. The van der Waals surface area contributed by atoms with Gasteiger partial charge < -0.3 is 0 Å². The lowest BCUT2D eigenvalue weighted by atomic mass is 10.4. The molecule has 0 bridgehead atoms. The summed E-state index contributed by atoms with van der Waals surface area (Å²) in [5.74, 6) is 0. The largest absolute Gasteiger partial charge is 0.229 e. The van der Waals surface area contributed by atoms with Gasteiger partial charge in [0.2, 0.25) is 0 Å². The molecule has 0 aromatic carbocycles. The van der Waals surface area contributed by atoms with Gasteiger partial charge in [-0.15, -0.1) is 35.3 Å². The summed E-state index contributed by atoms with van der Waals surface area (Å²) >= 11 is 7.57. The standard InChI is InChI=1S/C8H7NS3.C2H6/c1-5-2-3-6(12-5)8-9-7(10)4-11-8;1-2/h2-4,10H,1H3;1-2H3. The lowest BCUT2D eigenvalue weighted by molar-refractivity contribution is 1.22. The molecule has 0 atom stereocenters. The van der Waals surface area contributed by atoms with Gasteiger partial charge in [-0.25, -0.2) is 4.98 Å². The third-order valence-corrected chi connectivity index (χ3v) is 3.86. The Morgan fingerprint density at radius 3 is 2.43 bits per heavy atom. The molecule has 0 unspecified atom stereocenters. The van der Waals surface area contributed by atoms with Crippen LogP contribution in [-0.4, -0.2) is 4.98 Å². The van der Waals surface area contributed by atoms with Crippen molar-refractivity contribution in [2.24, 2.45) is 0 Å². The molecule has 0 saturated carbocycles. The van der Waals surface area contributed by atoms with Gasteiger partial charge in [-0.3, -0.25) is 0 Å². The molecule has 1 nitrogen and oxygen atoms in total. The maximum absolute atomic E-state index is 4.29. The van der Waals surface area contributed by atoms with Crippen LogP contribution in [-0.2, 0) is 0 Å². The summed E-state index contributed by atoms with van der Waals surface area (Å²) < 4.78 is 0. The van der Waals surface area contributed by atoms with Gasteiger partial charge >= 0.3 is 0 Å². The van der Waals surface area contributed by atoms with Gasteiger partial charge in [0.25, 0.3) is 0 Å². The van der Waals surface area contributed by atoms with Gasteiger partial charge in [0.1, 0.15) is 10.0 Å². The van der Waals surface area contributed by atoms with E-state index in [2.05, 4.69) is 36.7 Å². The second-order valence-electron chi connectivity index (χ2n) is 2.42. The van der Waals surface area contributed by atoms with Gasteiger partial charge in [-0.1, -0.05) is 13.8 Å². The van der Waals surface area contributed by atoms with Crippen molar-refractivity contribution in [3.05, 3.63) is 22.4 Å². The van der Waals surface area contributed by atoms with E-state index in [0.717, 1.165) is 10.0 Å². The van der Waals surface area contributed by atoms with Crippen LogP contribution in [0.25, 0.3) is 9.88 Å². The van der Waals surface area contributed by atoms with Crippen molar-refractivity contribution >= 4 is 35.3 Å². The number of aromatic nitrogens is 1. The number of thiazole rings is 1. The molecular formula is C10H13NS3. The first-order valence-corrected chi connectivity index (χ1v) is 6.61. The number of aryl methyl sites for hydroxylation is 1. The van der Waals surface area contributed by atoms with Crippen molar-refractivity contribution in [3.63, 3.8) is 0 Å². The van der Waals surface area contributed by atoms with Crippen molar-refractivity contribution in [2.45, 2.75) is 25.8 Å². The topological polar surface area (TPSA) is 12.9 Å². The van der Waals surface area contributed by atoms with Crippen LogP contribution in [0.15, 0.2) is 22.5 Å². The highest BCUT2D eigenvalue weighted by Crippen LogP contribution is 2.30. The van der Waals surface area contributed by atoms with Crippen molar-refractivity contribution in [3.8, 4) is 9.88 Å². The van der Waals surface area contributed by atoms with Crippen molar-refractivity contribution < 1.29 is 0 Å². The average molecular weight is 243 g/mol. The van der Waals surface area contributed by atoms with Gasteiger partial charge in [0, 0.05) is 10.3 Å². The lowest BCUT2D eigenvalue weighted by Crippen LogP contribution is -1.66. The smallest absolute Gasteiger partial charge is 0.134 e. The summed E-state index contributed by atoms with van der Waals surface area (Å²) in [6, 6.07) is 4.21. The fourth-order valence-corrected chi connectivity index (χ4v) is 2.88. The highest BCUT2D eigenvalue weighted by atomic mass is 32.1. The summed E-state index contributed by atoms with van der Waals surface area (Å²) in [5.41, 5.74) is 0. The highest BCUT2D eigenvalue weighted by Gasteiger charge is 2.03. The predicted octanol–water partition coefficient (Wildman–Crippen LogP) is 4.49. The van der Waals surface area contributed by atoms with Crippen LogP contribution in [0.2, 0.25) is 0 Å². The van der Waals surface area contributed by atoms with E-state index in [0.29, 0.717) is 0 Å². The molecule has 2 heterocycles. The Hall–Kier alpha value is -0.320. The van der Waals surface area contributed by atoms with E-state index in [-0.39, 0.29) is 0 Å². The number of thiophene rings is 1. The van der Waals surface area contributed by atoms with E-state index in [1.165, 1.54) is 9.75 Å². The zero-order valence-electron chi connectivity index (χ0n) is 8.44. The van der Waals surface area contributed by atoms with E-state index in [1.54, 1.807) is 22.7 Å². The maximum atomic E-state index is 4.29. The maximum Gasteiger partial charge on any atom is 0.134 e.